The van der Waals surface area contributed by atoms with Gasteiger partial charge in [0.2, 0.25) is 0 Å². The van der Waals surface area contributed by atoms with E-state index in [2.05, 4.69) is 51.1 Å². The van der Waals surface area contributed by atoms with Crippen LogP contribution in [0.3, 0.4) is 0 Å². The third-order valence-electron chi connectivity index (χ3n) is 7.69. The summed E-state index contributed by atoms with van der Waals surface area (Å²) in [6.07, 6.45) is 4.06. The zero-order valence-corrected chi connectivity index (χ0v) is 22.8. The number of hydrogen-bond acceptors (Lipinski definition) is 6. The Morgan fingerprint density at radius 3 is 2.66 bits per heavy atom. The molecule has 0 radical (unpaired) electrons. The van der Waals surface area contributed by atoms with Crippen LogP contribution in [0.15, 0.2) is 42.6 Å². The van der Waals surface area contributed by atoms with Crippen LogP contribution in [0.4, 0.5) is 14.5 Å². The molecule has 0 aliphatic carbocycles. The van der Waals surface area contributed by atoms with Crippen molar-refractivity contribution in [1.29, 1.82) is 0 Å². The number of halogens is 2. The Kier molecular flexibility index (Phi) is 6.78. The summed E-state index contributed by atoms with van der Waals surface area (Å²) in [6, 6.07) is 12.0. The first-order valence-electron chi connectivity index (χ1n) is 13.3. The largest absolute Gasteiger partial charge is 0.486 e. The van der Waals surface area contributed by atoms with Crippen molar-refractivity contribution in [2.45, 2.75) is 45.1 Å². The number of nitrogens with zero attached hydrogens (tertiary/aromatic N) is 4. The second kappa shape index (κ2) is 10.2. The predicted octanol–water partition coefficient (Wildman–Crippen LogP) is 6.64. The number of rotatable bonds is 5. The summed E-state index contributed by atoms with van der Waals surface area (Å²) in [4.78, 5) is 14.7. The van der Waals surface area contributed by atoms with Crippen LogP contribution in [0.2, 0.25) is 0 Å². The van der Waals surface area contributed by atoms with Gasteiger partial charge in [-0.05, 0) is 88.0 Å². The van der Waals surface area contributed by atoms with Gasteiger partial charge in [0.15, 0.2) is 17.4 Å². The number of anilines is 1. The Morgan fingerprint density at radius 1 is 1.05 bits per heavy atom. The molecule has 8 heteroatoms. The van der Waals surface area contributed by atoms with Gasteiger partial charge < -0.3 is 14.5 Å². The lowest BCUT2D eigenvalue weighted by Gasteiger charge is -2.34. The van der Waals surface area contributed by atoms with E-state index in [1.54, 1.807) is 6.07 Å². The molecule has 5 nitrogen and oxygen atoms in total. The number of piperidine rings is 1. The molecule has 2 aliphatic rings. The monoisotopic (exact) mass is 534 g/mol. The van der Waals surface area contributed by atoms with Gasteiger partial charge in [-0.25, -0.2) is 18.7 Å². The standard InChI is InChI=1S/C30H32F2N4OS/c1-18(2)36-10-11-37-30-23(31)14-22(15-25(30)36)29-24(32)17-33-28(34-29)13-19-4-5-21-16-27(38-26(21)12-19)20-6-8-35(3)9-7-20/h4-5,12,14-18,20H,6-11,13H2,1-3H3. The average molecular weight is 535 g/mol. The summed E-state index contributed by atoms with van der Waals surface area (Å²) in [6.45, 7) is 7.45. The topological polar surface area (TPSA) is 41.5 Å². The van der Waals surface area contributed by atoms with E-state index in [4.69, 9.17) is 4.74 Å². The summed E-state index contributed by atoms with van der Waals surface area (Å²) in [5.41, 5.74) is 2.19. The molecule has 2 aromatic carbocycles. The minimum atomic E-state index is -0.572. The molecule has 0 amide bonds. The molecule has 0 saturated carbocycles. The molecule has 4 heterocycles. The molecular formula is C30H32F2N4OS. The SMILES string of the molecule is CC(C)N1CCOc2c(F)cc(-c3nc(Cc4ccc5cc(C6CCN(C)CC6)sc5c4)ncc3F)cc21. The van der Waals surface area contributed by atoms with Gasteiger partial charge in [-0.15, -0.1) is 11.3 Å². The molecule has 6 rings (SSSR count). The highest BCUT2D eigenvalue weighted by atomic mass is 32.1. The summed E-state index contributed by atoms with van der Waals surface area (Å²) in [5, 5.41) is 1.26. The lowest BCUT2D eigenvalue weighted by Crippen LogP contribution is -2.38. The van der Waals surface area contributed by atoms with Crippen molar-refractivity contribution < 1.29 is 13.5 Å². The van der Waals surface area contributed by atoms with Crippen molar-refractivity contribution in [3.05, 3.63) is 70.5 Å². The molecular weight excluding hydrogens is 502 g/mol. The Balaban J connectivity index is 1.28. The van der Waals surface area contributed by atoms with Gasteiger partial charge in [-0.1, -0.05) is 12.1 Å². The fraction of sp³-hybridized carbons (Fsp3) is 0.400. The van der Waals surface area contributed by atoms with E-state index in [1.165, 1.54) is 40.1 Å². The molecule has 2 aromatic heterocycles. The van der Waals surface area contributed by atoms with Crippen LogP contribution in [0, 0.1) is 11.6 Å². The Morgan fingerprint density at radius 2 is 1.87 bits per heavy atom. The Hall–Kier alpha value is -3.10. The molecule has 0 spiro atoms. The maximum absolute atomic E-state index is 15.0. The maximum atomic E-state index is 15.0. The Labute approximate surface area is 226 Å². The first-order valence-corrected chi connectivity index (χ1v) is 14.1. The second-order valence-corrected chi connectivity index (χ2v) is 11.8. The molecule has 1 saturated heterocycles. The number of fused-ring (bicyclic) bond motifs is 2. The van der Waals surface area contributed by atoms with Crippen LogP contribution in [0.1, 0.15) is 48.9 Å². The van der Waals surface area contributed by atoms with Crippen LogP contribution < -0.4 is 9.64 Å². The second-order valence-electron chi connectivity index (χ2n) is 10.7. The number of ether oxygens (including phenoxy) is 1. The van der Waals surface area contributed by atoms with E-state index in [0.29, 0.717) is 42.6 Å². The van der Waals surface area contributed by atoms with Gasteiger partial charge in [0.25, 0.3) is 0 Å². The van der Waals surface area contributed by atoms with E-state index >= 15 is 4.39 Å². The zero-order chi connectivity index (χ0) is 26.4. The van der Waals surface area contributed by atoms with Crippen LogP contribution in [-0.2, 0) is 6.42 Å². The summed E-state index contributed by atoms with van der Waals surface area (Å²) in [5.74, 6) is 0.266. The minimum Gasteiger partial charge on any atom is -0.486 e. The van der Waals surface area contributed by atoms with Gasteiger partial charge in [0.1, 0.15) is 18.1 Å². The first-order chi connectivity index (χ1) is 18.4. The quantitative estimate of drug-likeness (QED) is 0.287. The van der Waals surface area contributed by atoms with Crippen LogP contribution >= 0.6 is 11.3 Å². The number of hydrogen-bond donors (Lipinski definition) is 0. The minimum absolute atomic E-state index is 0.104. The van der Waals surface area contributed by atoms with Gasteiger partial charge >= 0.3 is 0 Å². The third-order valence-corrected chi connectivity index (χ3v) is 8.95. The number of aromatic nitrogens is 2. The lowest BCUT2D eigenvalue weighted by molar-refractivity contribution is 0.257. The van der Waals surface area contributed by atoms with Gasteiger partial charge in [-0.3, -0.25) is 0 Å². The van der Waals surface area contributed by atoms with E-state index in [-0.39, 0.29) is 17.5 Å². The highest BCUT2D eigenvalue weighted by molar-refractivity contribution is 7.19. The highest BCUT2D eigenvalue weighted by Crippen LogP contribution is 2.40. The molecule has 38 heavy (non-hydrogen) atoms. The van der Waals surface area contributed by atoms with Crippen LogP contribution in [0.25, 0.3) is 21.3 Å². The Bertz CT molecular complexity index is 1480. The predicted molar refractivity (Wildman–Crippen MR) is 149 cm³/mol. The zero-order valence-electron chi connectivity index (χ0n) is 22.0. The van der Waals surface area contributed by atoms with Crippen molar-refractivity contribution in [2.75, 3.05) is 38.2 Å². The fourth-order valence-electron chi connectivity index (χ4n) is 5.55. The molecule has 0 bridgehead atoms. The maximum Gasteiger partial charge on any atom is 0.178 e. The van der Waals surface area contributed by atoms with Gasteiger partial charge in [0, 0.05) is 27.6 Å². The summed E-state index contributed by atoms with van der Waals surface area (Å²) < 4.78 is 36.8. The highest BCUT2D eigenvalue weighted by Gasteiger charge is 2.26. The molecule has 198 valence electrons. The molecule has 0 unspecified atom stereocenters. The van der Waals surface area contributed by atoms with E-state index < -0.39 is 11.6 Å². The smallest absolute Gasteiger partial charge is 0.178 e. The molecule has 0 atom stereocenters. The van der Waals surface area contributed by atoms with Gasteiger partial charge in [-0.2, -0.15) is 0 Å². The average Bonchev–Trinajstić information content (AvgIpc) is 3.33. The van der Waals surface area contributed by atoms with E-state index in [9.17, 15) is 4.39 Å². The first kappa shape index (κ1) is 25.2. The number of benzene rings is 2. The van der Waals surface area contributed by atoms with Crippen LogP contribution in [0.5, 0.6) is 5.75 Å². The fourth-order valence-corrected chi connectivity index (χ4v) is 6.85. The van der Waals surface area contributed by atoms with E-state index in [0.717, 1.165) is 18.7 Å². The molecule has 2 aliphatic heterocycles. The third kappa shape index (κ3) is 4.87. The van der Waals surface area contributed by atoms with Crippen molar-refractivity contribution in [1.82, 2.24) is 14.9 Å². The van der Waals surface area contributed by atoms with Crippen molar-refractivity contribution in [3.63, 3.8) is 0 Å². The molecule has 0 N–H and O–H groups in total. The van der Waals surface area contributed by atoms with Crippen molar-refractivity contribution in [2.24, 2.45) is 0 Å². The van der Waals surface area contributed by atoms with E-state index in [1.807, 2.05) is 25.2 Å². The number of likely N-dealkylation sites (tertiary alicyclic amines) is 1. The normalized spacial score (nSPS) is 16.7. The number of thiophene rings is 1. The summed E-state index contributed by atoms with van der Waals surface area (Å²) in [7, 11) is 2.19. The lowest BCUT2D eigenvalue weighted by atomic mass is 9.95. The van der Waals surface area contributed by atoms with Crippen LogP contribution in [-0.4, -0.2) is 54.2 Å². The van der Waals surface area contributed by atoms with Crippen molar-refractivity contribution >= 4 is 27.1 Å². The molecule has 4 aromatic rings. The van der Waals surface area contributed by atoms with Crippen molar-refractivity contribution in [3.8, 4) is 17.0 Å². The van der Waals surface area contributed by atoms with Gasteiger partial charge in [0.05, 0.1) is 18.4 Å². The summed E-state index contributed by atoms with van der Waals surface area (Å²) >= 11 is 1.87. The molecule has 1 fully saturated rings.